The molecule has 2 aromatic rings. The van der Waals surface area contributed by atoms with Crippen LogP contribution in [-0.2, 0) is 9.59 Å². The van der Waals surface area contributed by atoms with E-state index in [9.17, 15) is 14.4 Å². The van der Waals surface area contributed by atoms with Crippen molar-refractivity contribution in [1.29, 1.82) is 0 Å². The Morgan fingerprint density at radius 3 is 2.29 bits per heavy atom. The van der Waals surface area contributed by atoms with E-state index in [1.165, 1.54) is 4.90 Å². The SMILES string of the molecule is O=C(O)C[C@@H]1C(=O)NC(=O)N1c1ccc(Nc2ccccc2)cc1. The van der Waals surface area contributed by atoms with Gasteiger partial charge in [-0.3, -0.25) is 19.8 Å². The van der Waals surface area contributed by atoms with Crippen LogP contribution in [-0.4, -0.2) is 29.1 Å². The number of amides is 3. The fraction of sp³-hybridized carbons (Fsp3) is 0.118. The molecule has 24 heavy (non-hydrogen) atoms. The van der Waals surface area contributed by atoms with Gasteiger partial charge in [-0.1, -0.05) is 18.2 Å². The van der Waals surface area contributed by atoms with E-state index < -0.39 is 30.4 Å². The van der Waals surface area contributed by atoms with Crippen molar-refractivity contribution in [2.45, 2.75) is 12.5 Å². The first-order chi connectivity index (χ1) is 11.5. The Bertz CT molecular complexity index is 774. The molecule has 0 unspecified atom stereocenters. The molecule has 2 aromatic carbocycles. The number of para-hydroxylation sites is 1. The zero-order chi connectivity index (χ0) is 17.1. The first kappa shape index (κ1) is 15.5. The topological polar surface area (TPSA) is 98.7 Å². The van der Waals surface area contributed by atoms with E-state index in [2.05, 4.69) is 10.6 Å². The van der Waals surface area contributed by atoms with Crippen molar-refractivity contribution in [1.82, 2.24) is 5.32 Å². The van der Waals surface area contributed by atoms with Gasteiger partial charge >= 0.3 is 12.0 Å². The highest BCUT2D eigenvalue weighted by molar-refractivity contribution is 6.15. The highest BCUT2D eigenvalue weighted by Crippen LogP contribution is 2.26. The molecular formula is C17H15N3O4. The average molecular weight is 325 g/mol. The Hall–Kier alpha value is -3.35. The number of carboxylic acid groups (broad SMARTS) is 1. The number of carboxylic acids is 1. The van der Waals surface area contributed by atoms with Gasteiger partial charge in [0.25, 0.3) is 5.91 Å². The number of rotatable bonds is 5. The Kier molecular flexibility index (Phi) is 4.15. The van der Waals surface area contributed by atoms with Crippen molar-refractivity contribution in [3.63, 3.8) is 0 Å². The van der Waals surface area contributed by atoms with Gasteiger partial charge in [0.15, 0.2) is 0 Å². The van der Waals surface area contributed by atoms with Gasteiger partial charge in [-0.25, -0.2) is 4.79 Å². The molecule has 1 fully saturated rings. The van der Waals surface area contributed by atoms with E-state index in [0.717, 1.165) is 11.4 Å². The minimum Gasteiger partial charge on any atom is -0.481 e. The second kappa shape index (κ2) is 6.41. The third-order valence-corrected chi connectivity index (χ3v) is 3.64. The van der Waals surface area contributed by atoms with E-state index in [0.29, 0.717) is 5.69 Å². The first-order valence-electron chi connectivity index (χ1n) is 7.32. The summed E-state index contributed by atoms with van der Waals surface area (Å²) in [5, 5.41) is 14.3. The van der Waals surface area contributed by atoms with E-state index in [1.807, 2.05) is 30.3 Å². The highest BCUT2D eigenvalue weighted by atomic mass is 16.4. The van der Waals surface area contributed by atoms with Gasteiger partial charge in [0.05, 0.1) is 6.42 Å². The number of anilines is 3. The van der Waals surface area contributed by atoms with Crippen molar-refractivity contribution in [3.8, 4) is 0 Å². The summed E-state index contributed by atoms with van der Waals surface area (Å²) in [6.07, 6.45) is -0.443. The van der Waals surface area contributed by atoms with Gasteiger partial charge in [-0.15, -0.1) is 0 Å². The van der Waals surface area contributed by atoms with Crippen LogP contribution in [0.2, 0.25) is 0 Å². The molecule has 3 amide bonds. The van der Waals surface area contributed by atoms with Gasteiger partial charge in [0.1, 0.15) is 6.04 Å². The smallest absolute Gasteiger partial charge is 0.329 e. The van der Waals surface area contributed by atoms with E-state index >= 15 is 0 Å². The number of carbonyl (C=O) groups is 3. The minimum atomic E-state index is -1.14. The summed E-state index contributed by atoms with van der Waals surface area (Å²) in [5.74, 6) is -1.74. The number of hydrogen-bond donors (Lipinski definition) is 3. The predicted octanol–water partition coefficient (Wildman–Crippen LogP) is 2.33. The Morgan fingerprint density at radius 2 is 1.67 bits per heavy atom. The van der Waals surface area contributed by atoms with Crippen molar-refractivity contribution >= 4 is 35.0 Å². The molecule has 0 spiro atoms. The highest BCUT2D eigenvalue weighted by Gasteiger charge is 2.40. The number of benzene rings is 2. The first-order valence-corrected chi connectivity index (χ1v) is 7.32. The summed E-state index contributed by atoms with van der Waals surface area (Å²) in [7, 11) is 0. The van der Waals surface area contributed by atoms with Crippen molar-refractivity contribution in [2.24, 2.45) is 0 Å². The number of urea groups is 1. The van der Waals surface area contributed by atoms with Crippen molar-refractivity contribution in [3.05, 3.63) is 54.6 Å². The lowest BCUT2D eigenvalue weighted by Gasteiger charge is -2.20. The molecule has 1 saturated heterocycles. The minimum absolute atomic E-state index is 0.443. The molecule has 0 bridgehead atoms. The monoisotopic (exact) mass is 325 g/mol. The molecular weight excluding hydrogens is 310 g/mol. The molecule has 0 aliphatic carbocycles. The molecule has 1 aliphatic heterocycles. The van der Waals surface area contributed by atoms with Crippen molar-refractivity contribution in [2.75, 3.05) is 10.2 Å². The van der Waals surface area contributed by atoms with Crippen LogP contribution in [0.25, 0.3) is 0 Å². The van der Waals surface area contributed by atoms with Gasteiger partial charge in [-0.2, -0.15) is 0 Å². The third kappa shape index (κ3) is 3.19. The summed E-state index contributed by atoms with van der Waals surface area (Å²) in [5.41, 5.74) is 2.19. The number of aliphatic carboxylic acids is 1. The van der Waals surface area contributed by atoms with Crippen LogP contribution in [0.5, 0.6) is 0 Å². The zero-order valence-corrected chi connectivity index (χ0v) is 12.6. The molecule has 1 aliphatic rings. The largest absolute Gasteiger partial charge is 0.481 e. The Balaban J connectivity index is 1.80. The molecule has 1 atom stereocenters. The van der Waals surface area contributed by atoms with Crippen LogP contribution in [0.1, 0.15) is 6.42 Å². The van der Waals surface area contributed by atoms with Gasteiger partial charge in [-0.05, 0) is 36.4 Å². The fourth-order valence-corrected chi connectivity index (χ4v) is 2.55. The quantitative estimate of drug-likeness (QED) is 0.733. The summed E-state index contributed by atoms with van der Waals surface area (Å²) >= 11 is 0. The van der Waals surface area contributed by atoms with Crippen LogP contribution in [0.3, 0.4) is 0 Å². The summed E-state index contributed by atoms with van der Waals surface area (Å²) in [4.78, 5) is 35.8. The molecule has 1 heterocycles. The van der Waals surface area contributed by atoms with Crippen LogP contribution in [0.15, 0.2) is 54.6 Å². The molecule has 0 radical (unpaired) electrons. The molecule has 7 heteroatoms. The van der Waals surface area contributed by atoms with Gasteiger partial charge < -0.3 is 10.4 Å². The standard InChI is InChI=1S/C17H15N3O4/c21-15(22)10-14-16(23)19-17(24)20(14)13-8-6-12(7-9-13)18-11-4-2-1-3-5-11/h1-9,14,18H,10H2,(H,21,22)(H,19,23,24)/t14-/m1/s1. The number of nitrogens with zero attached hydrogens (tertiary/aromatic N) is 1. The van der Waals surface area contributed by atoms with Crippen molar-refractivity contribution < 1.29 is 19.5 Å². The lowest BCUT2D eigenvalue weighted by atomic mass is 10.1. The van der Waals surface area contributed by atoms with E-state index in [-0.39, 0.29) is 0 Å². The average Bonchev–Trinajstić information content (AvgIpc) is 2.83. The molecule has 122 valence electrons. The summed E-state index contributed by atoms with van der Waals surface area (Å²) < 4.78 is 0. The summed E-state index contributed by atoms with van der Waals surface area (Å²) in [6.45, 7) is 0. The molecule has 0 aromatic heterocycles. The summed E-state index contributed by atoms with van der Waals surface area (Å²) in [6, 6.07) is 14.8. The van der Waals surface area contributed by atoms with Crippen LogP contribution < -0.4 is 15.5 Å². The number of nitrogens with one attached hydrogen (secondary N) is 2. The Labute approximate surface area is 137 Å². The second-order valence-corrected chi connectivity index (χ2v) is 5.32. The second-order valence-electron chi connectivity index (χ2n) is 5.32. The predicted molar refractivity (Wildman–Crippen MR) is 88.2 cm³/mol. The fourth-order valence-electron chi connectivity index (χ4n) is 2.55. The maximum absolute atomic E-state index is 11.9. The lowest BCUT2D eigenvalue weighted by molar-refractivity contribution is -0.139. The maximum atomic E-state index is 11.9. The molecule has 3 rings (SSSR count). The van der Waals surface area contributed by atoms with Crippen LogP contribution in [0.4, 0.5) is 21.9 Å². The third-order valence-electron chi connectivity index (χ3n) is 3.64. The molecule has 0 saturated carbocycles. The number of imide groups is 1. The maximum Gasteiger partial charge on any atom is 0.329 e. The van der Waals surface area contributed by atoms with E-state index in [4.69, 9.17) is 5.11 Å². The van der Waals surface area contributed by atoms with Crippen LogP contribution in [0, 0.1) is 0 Å². The molecule has 7 nitrogen and oxygen atoms in total. The number of hydrogen-bond acceptors (Lipinski definition) is 4. The zero-order valence-electron chi connectivity index (χ0n) is 12.6. The lowest BCUT2D eigenvalue weighted by Crippen LogP contribution is -2.36. The Morgan fingerprint density at radius 1 is 1.04 bits per heavy atom. The van der Waals surface area contributed by atoms with Gasteiger partial charge in [0.2, 0.25) is 0 Å². The van der Waals surface area contributed by atoms with Crippen LogP contribution >= 0.6 is 0 Å². The van der Waals surface area contributed by atoms with E-state index in [1.54, 1.807) is 24.3 Å². The number of carbonyl (C=O) groups excluding carboxylic acids is 2. The normalized spacial score (nSPS) is 16.8. The molecule has 3 N–H and O–H groups in total. The van der Waals surface area contributed by atoms with Gasteiger partial charge in [0, 0.05) is 17.1 Å².